The Balaban J connectivity index is 2.05. The van der Waals surface area contributed by atoms with Gasteiger partial charge in [-0.3, -0.25) is 10.1 Å². The summed E-state index contributed by atoms with van der Waals surface area (Å²) in [6.07, 6.45) is 3.04. The summed E-state index contributed by atoms with van der Waals surface area (Å²) in [6.45, 7) is 4.49. The summed E-state index contributed by atoms with van der Waals surface area (Å²) in [6, 6.07) is 11.0. The predicted octanol–water partition coefficient (Wildman–Crippen LogP) is 4.02. The van der Waals surface area contributed by atoms with Crippen molar-refractivity contribution in [3.8, 4) is 0 Å². The normalized spacial score (nSPS) is 11.7. The highest BCUT2D eigenvalue weighted by atomic mass is 32.2. The molecule has 0 aliphatic carbocycles. The summed E-state index contributed by atoms with van der Waals surface area (Å²) >= 11 is 0. The van der Waals surface area contributed by atoms with Gasteiger partial charge in [0.25, 0.3) is 5.69 Å². The number of nitro benzene ring substituents is 1. The third kappa shape index (κ3) is 4.55. The van der Waals surface area contributed by atoms with Gasteiger partial charge in [-0.25, -0.2) is 8.42 Å². The number of hydrogen-bond acceptors (Lipinski definition) is 7. The highest BCUT2D eigenvalue weighted by molar-refractivity contribution is 7.89. The molecule has 160 valence electrons. The first kappa shape index (κ1) is 21.6. The van der Waals surface area contributed by atoms with E-state index in [0.717, 1.165) is 6.07 Å². The number of benzene rings is 1. The van der Waals surface area contributed by atoms with Crippen molar-refractivity contribution in [3.63, 3.8) is 0 Å². The lowest BCUT2D eigenvalue weighted by Crippen LogP contribution is -2.30. The van der Waals surface area contributed by atoms with Crippen molar-refractivity contribution < 1.29 is 22.2 Å². The fraction of sp³-hybridized carbons (Fsp3) is 0.300. The van der Waals surface area contributed by atoms with Gasteiger partial charge in [-0.2, -0.15) is 4.31 Å². The van der Waals surface area contributed by atoms with Gasteiger partial charge in [0.2, 0.25) is 10.0 Å². The maximum absolute atomic E-state index is 12.8. The highest BCUT2D eigenvalue weighted by Gasteiger charge is 2.28. The Morgan fingerprint density at radius 1 is 0.967 bits per heavy atom. The van der Waals surface area contributed by atoms with E-state index in [1.54, 1.807) is 43.0 Å². The van der Waals surface area contributed by atoms with E-state index in [1.165, 1.54) is 29.0 Å². The van der Waals surface area contributed by atoms with Crippen LogP contribution in [0.3, 0.4) is 0 Å². The van der Waals surface area contributed by atoms with Crippen LogP contribution in [0.5, 0.6) is 0 Å². The first-order valence-electron chi connectivity index (χ1n) is 9.45. The lowest BCUT2D eigenvalue weighted by molar-refractivity contribution is -0.384. The Morgan fingerprint density at radius 3 is 1.97 bits per heavy atom. The minimum atomic E-state index is -3.83. The molecule has 3 aromatic rings. The molecule has 3 rings (SSSR count). The number of sulfonamides is 1. The van der Waals surface area contributed by atoms with Gasteiger partial charge in [-0.15, -0.1) is 0 Å². The second kappa shape index (κ2) is 9.14. The number of nitrogens with zero attached hydrogens (tertiary/aromatic N) is 3. The SMILES string of the molecule is CCN(CC)S(=O)(=O)c1ccc(N(Cc2ccco2)Cc2ccco2)c([N+](=O)[O-])c1. The van der Waals surface area contributed by atoms with Gasteiger partial charge < -0.3 is 13.7 Å². The largest absolute Gasteiger partial charge is 0.467 e. The molecule has 0 fully saturated rings. The molecule has 10 heteroatoms. The molecule has 0 N–H and O–H groups in total. The molecule has 0 atom stereocenters. The van der Waals surface area contributed by atoms with E-state index in [0.29, 0.717) is 11.5 Å². The Kier molecular flexibility index (Phi) is 6.58. The molecule has 0 bridgehead atoms. The van der Waals surface area contributed by atoms with Crippen molar-refractivity contribution in [2.45, 2.75) is 31.8 Å². The number of rotatable bonds is 10. The zero-order valence-electron chi connectivity index (χ0n) is 16.7. The molecule has 0 amide bonds. The third-order valence-corrected chi connectivity index (χ3v) is 6.73. The van der Waals surface area contributed by atoms with E-state index in [1.807, 2.05) is 0 Å². The minimum absolute atomic E-state index is 0.113. The van der Waals surface area contributed by atoms with Gasteiger partial charge in [0, 0.05) is 19.2 Å². The summed E-state index contributed by atoms with van der Waals surface area (Å²) < 4.78 is 37.7. The smallest absolute Gasteiger partial charge is 0.293 e. The molecule has 30 heavy (non-hydrogen) atoms. The highest BCUT2D eigenvalue weighted by Crippen LogP contribution is 2.34. The molecule has 0 unspecified atom stereocenters. The zero-order chi connectivity index (χ0) is 21.7. The van der Waals surface area contributed by atoms with E-state index in [4.69, 9.17) is 8.83 Å². The van der Waals surface area contributed by atoms with E-state index in [2.05, 4.69) is 0 Å². The van der Waals surface area contributed by atoms with E-state index in [-0.39, 0.29) is 42.4 Å². The molecule has 0 spiro atoms. The molecular weight excluding hydrogens is 410 g/mol. The van der Waals surface area contributed by atoms with Crippen LogP contribution >= 0.6 is 0 Å². The van der Waals surface area contributed by atoms with Crippen LogP contribution in [0, 0.1) is 10.1 Å². The molecule has 0 radical (unpaired) electrons. The Morgan fingerprint density at radius 2 is 1.53 bits per heavy atom. The van der Waals surface area contributed by atoms with E-state index >= 15 is 0 Å². The average Bonchev–Trinajstić information content (AvgIpc) is 3.42. The van der Waals surface area contributed by atoms with Crippen molar-refractivity contribution in [2.24, 2.45) is 0 Å². The zero-order valence-corrected chi connectivity index (χ0v) is 17.5. The van der Waals surface area contributed by atoms with Crippen LogP contribution in [0.25, 0.3) is 0 Å². The fourth-order valence-electron chi connectivity index (χ4n) is 3.20. The number of anilines is 1. The standard InChI is InChI=1S/C20H23N3O6S/c1-3-22(4-2)30(26,27)18-9-10-19(20(13-18)23(24)25)21(14-16-7-5-11-28-16)15-17-8-6-12-29-17/h5-13H,3-4,14-15H2,1-2H3. The van der Waals surface area contributed by atoms with Crippen LogP contribution in [0.2, 0.25) is 0 Å². The molecular formula is C20H23N3O6S. The lowest BCUT2D eigenvalue weighted by Gasteiger charge is -2.24. The van der Waals surface area contributed by atoms with Crippen molar-refractivity contribution in [3.05, 3.63) is 76.6 Å². The second-order valence-electron chi connectivity index (χ2n) is 6.51. The second-order valence-corrected chi connectivity index (χ2v) is 8.45. The summed E-state index contributed by atoms with van der Waals surface area (Å²) in [5.41, 5.74) is -0.0346. The average molecular weight is 433 g/mol. The van der Waals surface area contributed by atoms with Crippen LogP contribution in [0.15, 0.2) is 68.7 Å². The van der Waals surface area contributed by atoms with Crippen molar-refractivity contribution >= 4 is 21.4 Å². The van der Waals surface area contributed by atoms with Crippen molar-refractivity contribution in [2.75, 3.05) is 18.0 Å². The van der Waals surface area contributed by atoms with Gasteiger partial charge in [-0.05, 0) is 36.4 Å². The van der Waals surface area contributed by atoms with Crippen molar-refractivity contribution in [1.82, 2.24) is 4.31 Å². The predicted molar refractivity (Wildman–Crippen MR) is 111 cm³/mol. The summed E-state index contributed by atoms with van der Waals surface area (Å²) in [4.78, 5) is 12.9. The number of hydrogen-bond donors (Lipinski definition) is 0. The molecule has 0 saturated carbocycles. The monoisotopic (exact) mass is 433 g/mol. The minimum Gasteiger partial charge on any atom is -0.467 e. The Labute approximate surface area is 174 Å². The third-order valence-electron chi connectivity index (χ3n) is 4.68. The lowest BCUT2D eigenvalue weighted by atomic mass is 10.2. The van der Waals surface area contributed by atoms with E-state index < -0.39 is 14.9 Å². The molecule has 2 heterocycles. The fourth-order valence-corrected chi connectivity index (χ4v) is 4.68. The number of nitro groups is 1. The maximum atomic E-state index is 12.8. The van der Waals surface area contributed by atoms with Gasteiger partial charge in [-0.1, -0.05) is 13.8 Å². The Hall–Kier alpha value is -3.11. The number of furan rings is 2. The van der Waals surface area contributed by atoms with Crippen LogP contribution < -0.4 is 4.90 Å². The first-order valence-corrected chi connectivity index (χ1v) is 10.9. The van der Waals surface area contributed by atoms with Gasteiger partial charge in [0.1, 0.15) is 17.2 Å². The van der Waals surface area contributed by atoms with Crippen LogP contribution in [0.1, 0.15) is 25.4 Å². The summed E-state index contributed by atoms with van der Waals surface area (Å²) in [5.74, 6) is 1.21. The van der Waals surface area contributed by atoms with Crippen LogP contribution in [0.4, 0.5) is 11.4 Å². The molecule has 0 aliphatic heterocycles. The molecule has 0 saturated heterocycles. The van der Waals surface area contributed by atoms with Gasteiger partial charge in [0.15, 0.2) is 0 Å². The molecule has 2 aromatic heterocycles. The van der Waals surface area contributed by atoms with Crippen molar-refractivity contribution in [1.29, 1.82) is 0 Å². The first-order chi connectivity index (χ1) is 14.4. The molecule has 9 nitrogen and oxygen atoms in total. The summed E-state index contributed by atoms with van der Waals surface area (Å²) in [7, 11) is -3.83. The quantitative estimate of drug-likeness (QED) is 0.351. The molecule has 0 aliphatic rings. The summed E-state index contributed by atoms with van der Waals surface area (Å²) in [5, 5.41) is 11.8. The molecule has 1 aromatic carbocycles. The maximum Gasteiger partial charge on any atom is 0.293 e. The van der Waals surface area contributed by atoms with E-state index in [9.17, 15) is 18.5 Å². The van der Waals surface area contributed by atoms with Gasteiger partial charge >= 0.3 is 0 Å². The van der Waals surface area contributed by atoms with Crippen LogP contribution in [-0.4, -0.2) is 30.7 Å². The Bertz CT molecular complexity index is 1040. The van der Waals surface area contributed by atoms with Gasteiger partial charge in [0.05, 0.1) is 35.4 Å². The van der Waals surface area contributed by atoms with Crippen LogP contribution in [-0.2, 0) is 23.1 Å². The topological polar surface area (TPSA) is 110 Å².